The Morgan fingerprint density at radius 2 is 1.59 bits per heavy atom. The summed E-state index contributed by atoms with van der Waals surface area (Å²) in [4.78, 5) is 13.7. The number of anilines is 1. The number of amides is 2. The van der Waals surface area contributed by atoms with E-state index in [1.807, 2.05) is 6.07 Å². The topological polar surface area (TPSA) is 66.5 Å². The first-order chi connectivity index (χ1) is 13.7. The van der Waals surface area contributed by atoms with Gasteiger partial charge in [-0.15, -0.1) is 0 Å². The van der Waals surface area contributed by atoms with Gasteiger partial charge in [0.25, 0.3) is 0 Å². The fourth-order valence-electron chi connectivity index (χ4n) is 3.38. The average Bonchev–Trinajstić information content (AvgIpc) is 2.68. The SMILES string of the molecule is O=C(Nc1ccccc1C(F)(F)F)N1CCC(S(=O)(=O)Cc2ccccc2)CC1. The molecule has 0 saturated carbocycles. The summed E-state index contributed by atoms with van der Waals surface area (Å²) in [5.41, 5.74) is -0.533. The molecule has 156 valence electrons. The Morgan fingerprint density at radius 3 is 2.21 bits per heavy atom. The van der Waals surface area contributed by atoms with Crippen molar-refractivity contribution in [3.05, 3.63) is 65.7 Å². The van der Waals surface area contributed by atoms with Crippen molar-refractivity contribution < 1.29 is 26.4 Å². The quantitative estimate of drug-likeness (QED) is 0.792. The molecule has 2 amide bonds. The van der Waals surface area contributed by atoms with E-state index in [9.17, 15) is 26.4 Å². The van der Waals surface area contributed by atoms with Crippen molar-refractivity contribution in [2.75, 3.05) is 18.4 Å². The van der Waals surface area contributed by atoms with Gasteiger partial charge in [-0.3, -0.25) is 0 Å². The van der Waals surface area contributed by atoms with Crippen molar-refractivity contribution in [1.29, 1.82) is 0 Å². The molecule has 2 aromatic carbocycles. The van der Waals surface area contributed by atoms with E-state index < -0.39 is 32.9 Å². The van der Waals surface area contributed by atoms with E-state index in [-0.39, 0.29) is 37.4 Å². The molecule has 9 heteroatoms. The zero-order valence-corrected chi connectivity index (χ0v) is 16.3. The van der Waals surface area contributed by atoms with Gasteiger partial charge in [-0.2, -0.15) is 13.2 Å². The van der Waals surface area contributed by atoms with Crippen LogP contribution in [0.25, 0.3) is 0 Å². The molecule has 1 fully saturated rings. The van der Waals surface area contributed by atoms with Crippen molar-refractivity contribution >= 4 is 21.6 Å². The maximum atomic E-state index is 13.1. The molecule has 1 aliphatic rings. The summed E-state index contributed by atoms with van der Waals surface area (Å²) in [6, 6.07) is 12.9. The Hall–Kier alpha value is -2.55. The molecule has 0 aromatic heterocycles. The second kappa shape index (κ2) is 8.44. The minimum Gasteiger partial charge on any atom is -0.324 e. The highest BCUT2D eigenvalue weighted by Crippen LogP contribution is 2.34. The van der Waals surface area contributed by atoms with Gasteiger partial charge in [0, 0.05) is 13.1 Å². The van der Waals surface area contributed by atoms with E-state index in [1.165, 1.54) is 23.1 Å². The van der Waals surface area contributed by atoms with Crippen LogP contribution >= 0.6 is 0 Å². The molecule has 29 heavy (non-hydrogen) atoms. The van der Waals surface area contributed by atoms with E-state index in [2.05, 4.69) is 5.32 Å². The van der Waals surface area contributed by atoms with Crippen molar-refractivity contribution in [2.45, 2.75) is 30.0 Å². The fourth-order valence-corrected chi connectivity index (χ4v) is 5.20. The number of hydrogen-bond donors (Lipinski definition) is 1. The summed E-state index contributed by atoms with van der Waals surface area (Å²) in [5, 5.41) is 1.72. The number of halogens is 3. The van der Waals surface area contributed by atoms with Crippen LogP contribution in [0.3, 0.4) is 0 Å². The second-order valence-corrected chi connectivity index (χ2v) is 9.23. The minimum absolute atomic E-state index is 0.0658. The maximum Gasteiger partial charge on any atom is 0.418 e. The van der Waals surface area contributed by atoms with Crippen LogP contribution in [0.1, 0.15) is 24.0 Å². The second-order valence-electron chi connectivity index (χ2n) is 6.95. The predicted molar refractivity (Wildman–Crippen MR) is 104 cm³/mol. The lowest BCUT2D eigenvalue weighted by Crippen LogP contribution is -2.44. The monoisotopic (exact) mass is 426 g/mol. The van der Waals surface area contributed by atoms with Gasteiger partial charge < -0.3 is 10.2 Å². The first kappa shape index (κ1) is 21.2. The smallest absolute Gasteiger partial charge is 0.324 e. The number of benzene rings is 2. The van der Waals surface area contributed by atoms with Crippen molar-refractivity contribution in [2.24, 2.45) is 0 Å². The largest absolute Gasteiger partial charge is 0.418 e. The molecule has 1 N–H and O–H groups in total. The number of hydrogen-bond acceptors (Lipinski definition) is 3. The summed E-state index contributed by atoms with van der Waals surface area (Å²) < 4.78 is 64.5. The van der Waals surface area contributed by atoms with Crippen molar-refractivity contribution in [1.82, 2.24) is 4.90 Å². The zero-order chi connectivity index (χ0) is 21.1. The highest BCUT2D eigenvalue weighted by molar-refractivity contribution is 7.91. The number of nitrogens with zero attached hydrogens (tertiary/aromatic N) is 1. The molecule has 1 heterocycles. The lowest BCUT2D eigenvalue weighted by atomic mass is 10.1. The van der Waals surface area contributed by atoms with Crippen LogP contribution in [0.4, 0.5) is 23.7 Å². The Labute approximate surface area is 167 Å². The Balaban J connectivity index is 1.60. The molecule has 0 spiro atoms. The van der Waals surface area contributed by atoms with Gasteiger partial charge in [0.2, 0.25) is 0 Å². The van der Waals surface area contributed by atoms with E-state index in [1.54, 1.807) is 24.3 Å². The summed E-state index contributed by atoms with van der Waals surface area (Å²) in [7, 11) is -3.38. The Kier molecular flexibility index (Phi) is 6.16. The third-order valence-electron chi connectivity index (χ3n) is 4.92. The number of alkyl halides is 3. The molecule has 0 aliphatic carbocycles. The number of piperidine rings is 1. The number of carbonyl (C=O) groups excluding carboxylic acids is 1. The molecule has 5 nitrogen and oxygen atoms in total. The van der Waals surface area contributed by atoms with Gasteiger partial charge in [-0.05, 0) is 30.5 Å². The molecule has 1 saturated heterocycles. The van der Waals surface area contributed by atoms with Crippen LogP contribution in [0.5, 0.6) is 0 Å². The normalized spacial score (nSPS) is 15.9. The lowest BCUT2D eigenvalue weighted by Gasteiger charge is -2.32. The van der Waals surface area contributed by atoms with Crippen LogP contribution in [-0.4, -0.2) is 37.7 Å². The summed E-state index contributed by atoms with van der Waals surface area (Å²) in [6.45, 7) is 0.331. The first-order valence-corrected chi connectivity index (χ1v) is 10.9. The highest BCUT2D eigenvalue weighted by Gasteiger charge is 2.35. The van der Waals surface area contributed by atoms with E-state index in [4.69, 9.17) is 0 Å². The maximum absolute atomic E-state index is 13.1. The molecule has 1 aliphatic heterocycles. The van der Waals surface area contributed by atoms with Gasteiger partial charge in [-0.25, -0.2) is 13.2 Å². The minimum atomic E-state index is -4.58. The molecule has 0 bridgehead atoms. The average molecular weight is 426 g/mol. The van der Waals surface area contributed by atoms with Gasteiger partial charge in [0.05, 0.1) is 22.3 Å². The van der Waals surface area contributed by atoms with Crippen LogP contribution in [0.15, 0.2) is 54.6 Å². The molecule has 0 atom stereocenters. The Bertz CT molecular complexity index is 954. The number of carbonyl (C=O) groups is 1. The number of rotatable bonds is 4. The van der Waals surface area contributed by atoms with Gasteiger partial charge in [0.15, 0.2) is 9.84 Å². The van der Waals surface area contributed by atoms with Gasteiger partial charge >= 0.3 is 12.2 Å². The number of para-hydroxylation sites is 1. The Morgan fingerprint density at radius 1 is 1.00 bits per heavy atom. The third kappa shape index (κ3) is 5.29. The standard InChI is InChI=1S/C20H21F3N2O3S/c21-20(22,23)17-8-4-5-9-18(17)24-19(26)25-12-10-16(11-13-25)29(27,28)14-15-6-2-1-3-7-15/h1-9,16H,10-14H2,(H,24,26). The van der Waals surface area contributed by atoms with Gasteiger partial charge in [0.1, 0.15) is 0 Å². The van der Waals surface area contributed by atoms with E-state index in [0.29, 0.717) is 5.56 Å². The molecule has 2 aromatic rings. The highest BCUT2D eigenvalue weighted by atomic mass is 32.2. The van der Waals surface area contributed by atoms with Crippen molar-refractivity contribution in [3.63, 3.8) is 0 Å². The number of urea groups is 1. The van der Waals surface area contributed by atoms with Crippen LogP contribution in [-0.2, 0) is 21.8 Å². The van der Waals surface area contributed by atoms with Crippen LogP contribution in [0.2, 0.25) is 0 Å². The summed E-state index contributed by atoms with van der Waals surface area (Å²) >= 11 is 0. The van der Waals surface area contributed by atoms with Crippen LogP contribution in [0, 0.1) is 0 Å². The van der Waals surface area contributed by atoms with E-state index in [0.717, 1.165) is 6.07 Å². The first-order valence-electron chi connectivity index (χ1n) is 9.14. The van der Waals surface area contributed by atoms with E-state index >= 15 is 0 Å². The zero-order valence-electron chi connectivity index (χ0n) is 15.5. The number of likely N-dealkylation sites (tertiary alicyclic amines) is 1. The molecule has 0 radical (unpaired) electrons. The predicted octanol–water partition coefficient (Wildman–Crippen LogP) is 4.32. The number of nitrogens with one attached hydrogen (secondary N) is 1. The van der Waals surface area contributed by atoms with Crippen LogP contribution < -0.4 is 5.32 Å². The molecule has 0 unspecified atom stereocenters. The molecular formula is C20H21F3N2O3S. The lowest BCUT2D eigenvalue weighted by molar-refractivity contribution is -0.136. The number of sulfone groups is 1. The van der Waals surface area contributed by atoms with Crippen molar-refractivity contribution in [3.8, 4) is 0 Å². The fraction of sp³-hybridized carbons (Fsp3) is 0.350. The molecule has 3 rings (SSSR count). The third-order valence-corrected chi connectivity index (χ3v) is 7.14. The van der Waals surface area contributed by atoms with Gasteiger partial charge in [-0.1, -0.05) is 42.5 Å². The summed E-state index contributed by atoms with van der Waals surface area (Å²) in [6.07, 6.45) is -4.07. The molecular weight excluding hydrogens is 405 g/mol. The summed E-state index contributed by atoms with van der Waals surface area (Å²) in [5.74, 6) is -0.0658.